The van der Waals surface area contributed by atoms with Gasteiger partial charge in [-0.2, -0.15) is 0 Å². The van der Waals surface area contributed by atoms with Crippen LogP contribution in [0.2, 0.25) is 0 Å². The first kappa shape index (κ1) is 19.2. The summed E-state index contributed by atoms with van der Waals surface area (Å²) in [6.07, 6.45) is 0. The largest absolute Gasteiger partial charge is 0.395 e. The second kappa shape index (κ2) is 7.57. The number of amides is 2. The molecule has 9 heteroatoms. The van der Waals surface area contributed by atoms with Gasteiger partial charge in [0.25, 0.3) is 17.5 Å². The minimum absolute atomic E-state index is 0.0147. The monoisotopic (exact) mass is 385 g/mol. The first-order valence-electron chi connectivity index (χ1n) is 8.31. The summed E-state index contributed by atoms with van der Waals surface area (Å²) in [6, 6.07) is 10.5. The maximum absolute atomic E-state index is 14.2. The molecule has 3 rings (SSSR count). The normalized spacial score (nSPS) is 14.0. The summed E-state index contributed by atoms with van der Waals surface area (Å²) >= 11 is 0. The summed E-state index contributed by atoms with van der Waals surface area (Å²) in [4.78, 5) is 38.5. The Bertz CT molecular complexity index is 987. The van der Waals surface area contributed by atoms with Crippen LogP contribution < -0.4 is 4.90 Å². The topological polar surface area (TPSA) is 104 Å². The third-order valence-electron chi connectivity index (χ3n) is 4.34. The van der Waals surface area contributed by atoms with Crippen molar-refractivity contribution in [2.75, 3.05) is 25.1 Å². The number of halogens is 1. The number of aliphatic hydroxyl groups excluding tert-OH is 1. The summed E-state index contributed by atoms with van der Waals surface area (Å²) in [5.41, 5.74) is -0.112. The van der Waals surface area contributed by atoms with Crippen LogP contribution in [0.25, 0.3) is 5.57 Å². The number of hydrogen-bond donors (Lipinski definition) is 1. The van der Waals surface area contributed by atoms with Crippen LogP contribution in [0.5, 0.6) is 0 Å². The lowest BCUT2D eigenvalue weighted by molar-refractivity contribution is -0.384. The van der Waals surface area contributed by atoms with Crippen LogP contribution in [0.4, 0.5) is 15.8 Å². The van der Waals surface area contributed by atoms with E-state index < -0.39 is 22.6 Å². The molecule has 28 heavy (non-hydrogen) atoms. The van der Waals surface area contributed by atoms with Crippen molar-refractivity contribution in [1.82, 2.24) is 4.90 Å². The molecule has 1 aliphatic heterocycles. The molecule has 0 spiro atoms. The molecule has 1 N–H and O–H groups in total. The van der Waals surface area contributed by atoms with E-state index in [1.807, 2.05) is 0 Å². The number of imide groups is 1. The molecule has 0 unspecified atom stereocenters. The van der Waals surface area contributed by atoms with Crippen molar-refractivity contribution in [3.05, 3.63) is 75.7 Å². The fourth-order valence-corrected chi connectivity index (χ4v) is 3.00. The Kier molecular flexibility index (Phi) is 5.18. The zero-order valence-electron chi connectivity index (χ0n) is 14.8. The van der Waals surface area contributed by atoms with E-state index in [2.05, 4.69) is 0 Å². The van der Waals surface area contributed by atoms with Gasteiger partial charge in [-0.3, -0.25) is 19.7 Å². The van der Waals surface area contributed by atoms with Crippen molar-refractivity contribution in [3.63, 3.8) is 0 Å². The SMILES string of the molecule is CN(CCO)C1=C(c2ccc([N+](=O)[O-])cc2)C(=O)N(c2ccccc2F)C1=O. The third kappa shape index (κ3) is 3.23. The zero-order valence-corrected chi connectivity index (χ0v) is 14.8. The fraction of sp³-hybridized carbons (Fsp3) is 0.158. The number of benzene rings is 2. The van der Waals surface area contributed by atoms with Gasteiger partial charge in [0.05, 0.1) is 22.8 Å². The van der Waals surface area contributed by atoms with Crippen molar-refractivity contribution in [2.45, 2.75) is 0 Å². The number of aliphatic hydroxyl groups is 1. The van der Waals surface area contributed by atoms with Gasteiger partial charge in [-0.15, -0.1) is 0 Å². The Morgan fingerprint density at radius 3 is 2.32 bits per heavy atom. The zero-order chi connectivity index (χ0) is 20.4. The van der Waals surface area contributed by atoms with Gasteiger partial charge in [0.15, 0.2) is 0 Å². The molecule has 1 heterocycles. The molecule has 0 aromatic heterocycles. The summed E-state index contributed by atoms with van der Waals surface area (Å²) in [7, 11) is 1.52. The average Bonchev–Trinajstić information content (AvgIpc) is 2.93. The number of para-hydroxylation sites is 1. The number of nitro benzene ring substituents is 1. The summed E-state index contributed by atoms with van der Waals surface area (Å²) < 4.78 is 14.2. The number of rotatable bonds is 6. The highest BCUT2D eigenvalue weighted by Gasteiger charge is 2.42. The molecule has 0 fully saturated rings. The van der Waals surface area contributed by atoms with Crippen LogP contribution in [0.15, 0.2) is 54.2 Å². The van der Waals surface area contributed by atoms with Gasteiger partial charge in [-0.05, 0) is 29.8 Å². The van der Waals surface area contributed by atoms with Crippen molar-refractivity contribution in [3.8, 4) is 0 Å². The van der Waals surface area contributed by atoms with E-state index in [4.69, 9.17) is 0 Å². The van der Waals surface area contributed by atoms with Crippen molar-refractivity contribution in [2.24, 2.45) is 0 Å². The molecule has 8 nitrogen and oxygen atoms in total. The first-order chi connectivity index (χ1) is 13.4. The summed E-state index contributed by atoms with van der Waals surface area (Å²) in [5.74, 6) is -2.22. The average molecular weight is 385 g/mol. The molecule has 0 bridgehead atoms. The second-order valence-electron chi connectivity index (χ2n) is 6.07. The molecular formula is C19H16FN3O5. The molecule has 2 amide bonds. The smallest absolute Gasteiger partial charge is 0.282 e. The quantitative estimate of drug-likeness (QED) is 0.463. The van der Waals surface area contributed by atoms with Crippen molar-refractivity contribution in [1.29, 1.82) is 0 Å². The van der Waals surface area contributed by atoms with E-state index in [-0.39, 0.29) is 41.4 Å². The Morgan fingerprint density at radius 1 is 1.11 bits per heavy atom. The van der Waals surface area contributed by atoms with Crippen molar-refractivity contribution >= 4 is 28.8 Å². The van der Waals surface area contributed by atoms with Crippen LogP contribution in [0.3, 0.4) is 0 Å². The minimum Gasteiger partial charge on any atom is -0.395 e. The number of likely N-dealkylation sites (N-methyl/N-ethyl adjacent to an activating group) is 1. The number of nitrogens with zero attached hydrogens (tertiary/aromatic N) is 3. The van der Waals surface area contributed by atoms with E-state index >= 15 is 0 Å². The lowest BCUT2D eigenvalue weighted by Crippen LogP contribution is -2.35. The second-order valence-corrected chi connectivity index (χ2v) is 6.07. The Labute approximate surface area is 159 Å². The van der Waals surface area contributed by atoms with Gasteiger partial charge >= 0.3 is 0 Å². The molecule has 1 aliphatic rings. The molecule has 0 aliphatic carbocycles. The van der Waals surface area contributed by atoms with Gasteiger partial charge in [-0.1, -0.05) is 12.1 Å². The lowest BCUT2D eigenvalue weighted by Gasteiger charge is -2.20. The van der Waals surface area contributed by atoms with E-state index in [1.54, 1.807) is 0 Å². The van der Waals surface area contributed by atoms with E-state index in [1.165, 1.54) is 54.4 Å². The molecule has 144 valence electrons. The maximum Gasteiger partial charge on any atom is 0.282 e. The maximum atomic E-state index is 14.2. The molecule has 2 aromatic carbocycles. The molecule has 0 saturated heterocycles. The predicted molar refractivity (Wildman–Crippen MR) is 98.6 cm³/mol. The Morgan fingerprint density at radius 2 is 1.75 bits per heavy atom. The highest BCUT2D eigenvalue weighted by atomic mass is 19.1. The highest BCUT2D eigenvalue weighted by molar-refractivity contribution is 6.45. The standard InChI is InChI=1S/C19H16FN3O5/c1-21(10-11-24)17-16(12-6-8-13(9-7-12)23(27)28)18(25)22(19(17)26)15-5-3-2-4-14(15)20/h2-9,24H,10-11H2,1H3. The van der Waals surface area contributed by atoms with Gasteiger partial charge in [0, 0.05) is 25.7 Å². The number of nitro groups is 1. The Hall–Kier alpha value is -3.59. The molecule has 0 radical (unpaired) electrons. The van der Waals surface area contributed by atoms with E-state index in [0.717, 1.165) is 11.0 Å². The van der Waals surface area contributed by atoms with Crippen LogP contribution in [-0.4, -0.2) is 46.9 Å². The van der Waals surface area contributed by atoms with E-state index in [9.17, 15) is 29.2 Å². The predicted octanol–water partition coefficient (Wildman–Crippen LogP) is 1.94. The van der Waals surface area contributed by atoms with Crippen LogP contribution in [0.1, 0.15) is 5.56 Å². The van der Waals surface area contributed by atoms with Gasteiger partial charge in [-0.25, -0.2) is 9.29 Å². The molecular weight excluding hydrogens is 369 g/mol. The third-order valence-corrected chi connectivity index (χ3v) is 4.34. The van der Waals surface area contributed by atoms with Crippen LogP contribution in [-0.2, 0) is 9.59 Å². The number of non-ortho nitro benzene ring substituents is 1. The first-order valence-corrected chi connectivity index (χ1v) is 8.31. The Balaban J connectivity index is 2.14. The highest BCUT2D eigenvalue weighted by Crippen LogP contribution is 2.35. The molecule has 0 atom stereocenters. The fourth-order valence-electron chi connectivity index (χ4n) is 3.00. The molecule has 2 aromatic rings. The van der Waals surface area contributed by atoms with Gasteiger partial charge in [0.2, 0.25) is 0 Å². The van der Waals surface area contributed by atoms with Gasteiger partial charge in [0.1, 0.15) is 11.5 Å². The number of carbonyl (C=O) groups is 2. The number of carbonyl (C=O) groups excluding carboxylic acids is 2. The van der Waals surface area contributed by atoms with Crippen LogP contribution in [0, 0.1) is 15.9 Å². The van der Waals surface area contributed by atoms with E-state index in [0.29, 0.717) is 0 Å². The number of anilines is 1. The van der Waals surface area contributed by atoms with Crippen LogP contribution >= 0.6 is 0 Å². The lowest BCUT2D eigenvalue weighted by atomic mass is 10.0. The number of hydrogen-bond acceptors (Lipinski definition) is 6. The summed E-state index contributed by atoms with van der Waals surface area (Å²) in [6.45, 7) is -0.204. The summed E-state index contributed by atoms with van der Waals surface area (Å²) in [5, 5.41) is 20.1. The molecule has 0 saturated carbocycles. The van der Waals surface area contributed by atoms with Crippen molar-refractivity contribution < 1.29 is 24.0 Å². The van der Waals surface area contributed by atoms with Gasteiger partial charge < -0.3 is 10.0 Å². The minimum atomic E-state index is -0.747.